The Hall–Kier alpha value is -4.19. The quantitative estimate of drug-likeness (QED) is 0.494. The van der Waals surface area contributed by atoms with E-state index in [1.165, 1.54) is 10.9 Å². The Morgan fingerprint density at radius 3 is 2.10 bits per heavy atom. The first-order valence-electron chi connectivity index (χ1n) is 9.77. The molecular weight excluding hydrogens is 392 g/mol. The van der Waals surface area contributed by atoms with Crippen molar-refractivity contribution in [1.29, 1.82) is 0 Å². The molecule has 4 rings (SSSR count). The summed E-state index contributed by atoms with van der Waals surface area (Å²) in [6, 6.07) is 26.0. The van der Waals surface area contributed by atoms with Gasteiger partial charge >= 0.3 is 5.97 Å². The first-order chi connectivity index (χ1) is 15.1. The molecule has 1 N–H and O–H groups in total. The van der Waals surface area contributed by atoms with Crippen LogP contribution in [0.1, 0.15) is 27.2 Å². The number of benzene rings is 3. The van der Waals surface area contributed by atoms with Gasteiger partial charge in [0.15, 0.2) is 0 Å². The van der Waals surface area contributed by atoms with E-state index >= 15 is 0 Å². The minimum atomic E-state index is -1.29. The first kappa shape index (κ1) is 20.1. The topological polar surface area (TPSA) is 81.4 Å². The summed E-state index contributed by atoms with van der Waals surface area (Å²) in [6.07, 6.45) is 1.64. The van der Waals surface area contributed by atoms with Crippen LogP contribution in [0.3, 0.4) is 0 Å². The molecule has 6 heteroatoms. The Kier molecular flexibility index (Phi) is 5.89. The van der Waals surface area contributed by atoms with Gasteiger partial charge in [-0.2, -0.15) is 0 Å². The van der Waals surface area contributed by atoms with Gasteiger partial charge in [0, 0.05) is 6.42 Å². The average molecular weight is 412 g/mol. The van der Waals surface area contributed by atoms with E-state index in [1.807, 2.05) is 60.7 Å². The molecule has 4 aromatic rings. The van der Waals surface area contributed by atoms with Crippen molar-refractivity contribution >= 4 is 5.97 Å². The lowest BCUT2D eigenvalue weighted by Crippen LogP contribution is -2.28. The van der Waals surface area contributed by atoms with Gasteiger partial charge in [0.25, 0.3) is 5.56 Å². The molecule has 6 nitrogen and oxygen atoms in total. The average Bonchev–Trinajstić information content (AvgIpc) is 2.79. The molecule has 0 aliphatic heterocycles. The lowest BCUT2D eigenvalue weighted by Gasteiger charge is -2.11. The minimum absolute atomic E-state index is 0.239. The molecule has 0 saturated heterocycles. The molecule has 0 unspecified atom stereocenters. The number of nitrogens with zero attached hydrogens (tertiary/aromatic N) is 2. The van der Waals surface area contributed by atoms with Gasteiger partial charge in [0.2, 0.25) is 0 Å². The maximum atomic E-state index is 12.9. The Morgan fingerprint density at radius 1 is 0.871 bits per heavy atom. The zero-order valence-electron chi connectivity index (χ0n) is 16.6. The Bertz CT molecular complexity index is 1230. The highest BCUT2D eigenvalue weighted by Crippen LogP contribution is 2.17. The van der Waals surface area contributed by atoms with Crippen LogP contribution in [0, 0.1) is 0 Å². The largest absolute Gasteiger partial charge is 0.489 e. The molecule has 0 saturated carbocycles. The van der Waals surface area contributed by atoms with Gasteiger partial charge in [0.05, 0.1) is 11.4 Å². The Balaban J connectivity index is 1.58. The monoisotopic (exact) mass is 412 g/mol. The van der Waals surface area contributed by atoms with Crippen molar-refractivity contribution in [2.45, 2.75) is 13.0 Å². The van der Waals surface area contributed by atoms with Gasteiger partial charge in [-0.3, -0.25) is 9.36 Å². The third kappa shape index (κ3) is 4.70. The van der Waals surface area contributed by atoms with Gasteiger partial charge in [0.1, 0.15) is 24.2 Å². The zero-order valence-corrected chi connectivity index (χ0v) is 16.6. The molecule has 0 spiro atoms. The molecule has 0 amide bonds. The van der Waals surface area contributed by atoms with Crippen molar-refractivity contribution in [1.82, 2.24) is 9.55 Å². The first-order valence-corrected chi connectivity index (χ1v) is 9.77. The summed E-state index contributed by atoms with van der Waals surface area (Å²) in [5.74, 6) is -0.645. The summed E-state index contributed by atoms with van der Waals surface area (Å²) in [5, 5.41) is 9.64. The fourth-order valence-electron chi connectivity index (χ4n) is 3.25. The van der Waals surface area contributed by atoms with Crippen LogP contribution in [-0.2, 0) is 13.0 Å². The molecular formula is C25H20N2O4. The number of carboxylic acids is 1. The molecule has 0 aliphatic rings. The van der Waals surface area contributed by atoms with Gasteiger partial charge in [-0.05, 0) is 35.4 Å². The molecule has 0 fully saturated rings. The highest BCUT2D eigenvalue weighted by atomic mass is 16.5. The third-order valence-electron chi connectivity index (χ3n) is 4.84. The summed E-state index contributed by atoms with van der Waals surface area (Å²) in [4.78, 5) is 29.0. The van der Waals surface area contributed by atoms with Crippen molar-refractivity contribution in [2.24, 2.45) is 0 Å². The van der Waals surface area contributed by atoms with Crippen molar-refractivity contribution in [2.75, 3.05) is 0 Å². The lowest BCUT2D eigenvalue weighted by atomic mass is 10.1. The van der Waals surface area contributed by atoms with E-state index in [0.717, 1.165) is 11.1 Å². The van der Waals surface area contributed by atoms with Crippen LogP contribution in [0.5, 0.6) is 5.75 Å². The van der Waals surface area contributed by atoms with E-state index in [4.69, 9.17) is 4.74 Å². The third-order valence-corrected chi connectivity index (χ3v) is 4.84. The van der Waals surface area contributed by atoms with Crippen molar-refractivity contribution in [3.05, 3.63) is 124 Å². The number of hydrogen-bond acceptors (Lipinski definition) is 4. The van der Waals surface area contributed by atoms with Crippen LogP contribution in [0.15, 0.2) is 96.1 Å². The molecule has 31 heavy (non-hydrogen) atoms. The predicted octanol–water partition coefficient (Wildman–Crippen LogP) is 4.10. The van der Waals surface area contributed by atoms with Gasteiger partial charge in [-0.15, -0.1) is 0 Å². The molecule has 0 radical (unpaired) electrons. The summed E-state index contributed by atoms with van der Waals surface area (Å²) in [6.45, 7) is 0.430. The summed E-state index contributed by atoms with van der Waals surface area (Å²) in [5.41, 5.74) is 1.74. The molecule has 1 heterocycles. The summed E-state index contributed by atoms with van der Waals surface area (Å²) in [7, 11) is 0. The maximum Gasteiger partial charge on any atom is 0.343 e. The van der Waals surface area contributed by atoms with E-state index in [1.54, 1.807) is 24.3 Å². The number of rotatable bonds is 7. The standard InChI is InChI=1S/C25H20N2O4/c28-24-23(25(29)30)22(15-18-7-3-1-4-8-18)26-17-27(24)20-11-13-21(14-12-20)31-16-19-9-5-2-6-10-19/h1-14,17H,15-16H2,(H,29,30). The zero-order chi connectivity index (χ0) is 21.6. The van der Waals surface area contributed by atoms with Crippen molar-refractivity contribution < 1.29 is 14.6 Å². The number of ether oxygens (including phenoxy) is 1. The van der Waals surface area contributed by atoms with Crippen LogP contribution in [0.25, 0.3) is 5.69 Å². The van der Waals surface area contributed by atoms with Gasteiger partial charge in [-0.1, -0.05) is 60.7 Å². The fraction of sp³-hybridized carbons (Fsp3) is 0.0800. The SMILES string of the molecule is O=C(O)c1c(Cc2ccccc2)ncn(-c2ccc(OCc3ccccc3)cc2)c1=O. The fourth-order valence-corrected chi connectivity index (χ4v) is 3.25. The number of hydrogen-bond donors (Lipinski definition) is 1. The highest BCUT2D eigenvalue weighted by molar-refractivity contribution is 5.88. The molecule has 0 bridgehead atoms. The summed E-state index contributed by atoms with van der Waals surface area (Å²) >= 11 is 0. The molecule has 0 aliphatic carbocycles. The Morgan fingerprint density at radius 2 is 1.48 bits per heavy atom. The van der Waals surface area contributed by atoms with Gasteiger partial charge < -0.3 is 9.84 Å². The normalized spacial score (nSPS) is 10.6. The van der Waals surface area contributed by atoms with Crippen molar-refractivity contribution in [3.63, 3.8) is 0 Å². The smallest absolute Gasteiger partial charge is 0.343 e. The second-order valence-corrected chi connectivity index (χ2v) is 6.98. The lowest BCUT2D eigenvalue weighted by molar-refractivity contribution is 0.0692. The Labute approximate surface area is 179 Å². The number of aromatic nitrogens is 2. The number of carboxylic acid groups (broad SMARTS) is 1. The second-order valence-electron chi connectivity index (χ2n) is 6.98. The van der Waals surface area contributed by atoms with Crippen molar-refractivity contribution in [3.8, 4) is 11.4 Å². The summed E-state index contributed by atoms with van der Waals surface area (Å²) < 4.78 is 7.00. The van der Waals surface area contributed by atoms with E-state index in [-0.39, 0.29) is 17.7 Å². The molecule has 1 aromatic heterocycles. The highest BCUT2D eigenvalue weighted by Gasteiger charge is 2.19. The van der Waals surface area contributed by atoms with Crippen LogP contribution in [-0.4, -0.2) is 20.6 Å². The maximum absolute atomic E-state index is 12.9. The molecule has 3 aromatic carbocycles. The predicted molar refractivity (Wildman–Crippen MR) is 117 cm³/mol. The molecule has 154 valence electrons. The van der Waals surface area contributed by atoms with E-state index in [0.29, 0.717) is 18.0 Å². The van der Waals surface area contributed by atoms with Gasteiger partial charge in [-0.25, -0.2) is 9.78 Å². The molecule has 0 atom stereocenters. The van der Waals surface area contributed by atoms with E-state index in [9.17, 15) is 14.7 Å². The van der Waals surface area contributed by atoms with Crippen LogP contribution < -0.4 is 10.3 Å². The minimum Gasteiger partial charge on any atom is -0.489 e. The van der Waals surface area contributed by atoms with E-state index in [2.05, 4.69) is 4.98 Å². The number of carbonyl (C=O) groups is 1. The second kappa shape index (κ2) is 9.09. The number of aromatic carboxylic acids is 1. The van der Waals surface area contributed by atoms with E-state index < -0.39 is 11.5 Å². The van der Waals surface area contributed by atoms with Crippen LogP contribution in [0.2, 0.25) is 0 Å². The van der Waals surface area contributed by atoms with Crippen LogP contribution >= 0.6 is 0 Å². The van der Waals surface area contributed by atoms with Crippen LogP contribution in [0.4, 0.5) is 0 Å².